The van der Waals surface area contributed by atoms with Crippen molar-refractivity contribution in [2.75, 3.05) is 30.4 Å². The minimum Gasteiger partial charge on any atom is -0.497 e. The Kier molecular flexibility index (Phi) is 5.24. The summed E-state index contributed by atoms with van der Waals surface area (Å²) in [4.78, 5) is 23.7. The van der Waals surface area contributed by atoms with Gasteiger partial charge in [0.2, 0.25) is 5.95 Å². The molecule has 9 nitrogen and oxygen atoms in total. The summed E-state index contributed by atoms with van der Waals surface area (Å²) in [5, 5.41) is 18.8. The maximum Gasteiger partial charge on any atom is 0.277 e. The second kappa shape index (κ2) is 8.14. The van der Waals surface area contributed by atoms with Crippen LogP contribution in [0, 0.1) is 17.2 Å². The van der Waals surface area contributed by atoms with Crippen molar-refractivity contribution in [3.63, 3.8) is 0 Å². The lowest BCUT2D eigenvalue weighted by Gasteiger charge is -2.31. The molecule has 1 saturated heterocycles. The first-order valence-corrected chi connectivity index (χ1v) is 9.46. The molecule has 0 aliphatic carbocycles. The number of aromatic amines is 1. The predicted molar refractivity (Wildman–Crippen MR) is 109 cm³/mol. The molecule has 3 aromatic rings. The summed E-state index contributed by atoms with van der Waals surface area (Å²) in [7, 11) is 1.60. The van der Waals surface area contributed by atoms with E-state index in [1.54, 1.807) is 7.11 Å². The molecular weight excluding hydrogens is 370 g/mol. The van der Waals surface area contributed by atoms with Crippen molar-refractivity contribution in [2.45, 2.75) is 19.3 Å². The molecule has 4 rings (SSSR count). The number of benzene rings is 1. The first-order chi connectivity index (χ1) is 14.2. The lowest BCUT2D eigenvalue weighted by molar-refractivity contribution is 0.409. The molecule has 2 N–H and O–H groups in total. The van der Waals surface area contributed by atoms with E-state index in [-0.39, 0.29) is 5.56 Å². The van der Waals surface area contributed by atoms with Crippen LogP contribution in [0.25, 0.3) is 10.9 Å². The SMILES string of the molecule is COc1cccc(Nc2nc(N3CCC(CC#N)CC3)nc3cn[nH]c(=O)c23)c1. The summed E-state index contributed by atoms with van der Waals surface area (Å²) < 4.78 is 5.27. The molecule has 1 fully saturated rings. The summed E-state index contributed by atoms with van der Waals surface area (Å²) in [6, 6.07) is 9.66. The molecule has 1 aromatic carbocycles. The lowest BCUT2D eigenvalue weighted by atomic mass is 9.94. The van der Waals surface area contributed by atoms with Crippen molar-refractivity contribution >= 4 is 28.4 Å². The molecular formula is C20H21N7O2. The van der Waals surface area contributed by atoms with Gasteiger partial charge >= 0.3 is 0 Å². The van der Waals surface area contributed by atoms with Gasteiger partial charge in [-0.3, -0.25) is 4.79 Å². The number of piperidine rings is 1. The summed E-state index contributed by atoms with van der Waals surface area (Å²) in [5.41, 5.74) is 0.870. The van der Waals surface area contributed by atoms with E-state index >= 15 is 0 Å². The summed E-state index contributed by atoms with van der Waals surface area (Å²) in [6.45, 7) is 1.54. The molecule has 9 heteroatoms. The van der Waals surface area contributed by atoms with Crippen LogP contribution in [0.15, 0.2) is 35.3 Å². The van der Waals surface area contributed by atoms with Gasteiger partial charge in [0.05, 0.1) is 19.4 Å². The number of anilines is 3. The molecule has 0 atom stereocenters. The Morgan fingerprint density at radius 1 is 1.34 bits per heavy atom. The minimum absolute atomic E-state index is 0.353. The molecule has 0 spiro atoms. The monoisotopic (exact) mass is 391 g/mol. The first kappa shape index (κ1) is 18.7. The van der Waals surface area contributed by atoms with E-state index in [2.05, 4.69) is 36.5 Å². The van der Waals surface area contributed by atoms with Gasteiger partial charge in [0.1, 0.15) is 22.5 Å². The predicted octanol–water partition coefficient (Wildman–Crippen LogP) is 2.60. The number of fused-ring (bicyclic) bond motifs is 1. The smallest absolute Gasteiger partial charge is 0.277 e. The van der Waals surface area contributed by atoms with Crippen LogP contribution < -0.4 is 20.5 Å². The van der Waals surface area contributed by atoms with Gasteiger partial charge in [-0.2, -0.15) is 15.3 Å². The number of rotatable bonds is 5. The largest absolute Gasteiger partial charge is 0.497 e. The van der Waals surface area contributed by atoms with E-state index in [9.17, 15) is 4.79 Å². The van der Waals surface area contributed by atoms with Crippen molar-refractivity contribution in [3.8, 4) is 11.8 Å². The van der Waals surface area contributed by atoms with Crippen LogP contribution in [0.1, 0.15) is 19.3 Å². The number of hydrogen-bond acceptors (Lipinski definition) is 8. The van der Waals surface area contributed by atoms with Gasteiger partial charge in [-0.25, -0.2) is 10.1 Å². The van der Waals surface area contributed by atoms with Crippen molar-refractivity contribution < 1.29 is 4.74 Å². The van der Waals surface area contributed by atoms with Gasteiger partial charge in [-0.15, -0.1) is 0 Å². The van der Waals surface area contributed by atoms with Crippen LogP contribution >= 0.6 is 0 Å². The Balaban J connectivity index is 1.71. The van der Waals surface area contributed by atoms with Gasteiger partial charge in [0, 0.05) is 31.3 Å². The standard InChI is InChI=1S/C20H21N7O2/c1-29-15-4-2-3-14(11-15)23-18-17-16(12-22-26-19(17)28)24-20(25-18)27-9-6-13(5-8-21)7-10-27/h2-4,11-13H,5-7,9-10H2,1H3,(H,26,28)(H,23,24,25). The molecule has 1 aliphatic rings. The number of methoxy groups -OCH3 is 1. The third kappa shape index (κ3) is 3.96. The van der Waals surface area contributed by atoms with Crippen LogP contribution in [0.2, 0.25) is 0 Å². The highest BCUT2D eigenvalue weighted by molar-refractivity contribution is 5.90. The zero-order valence-corrected chi connectivity index (χ0v) is 16.1. The van der Waals surface area contributed by atoms with Gasteiger partial charge < -0.3 is 15.0 Å². The van der Waals surface area contributed by atoms with Crippen molar-refractivity contribution in [1.82, 2.24) is 20.2 Å². The van der Waals surface area contributed by atoms with Crippen molar-refractivity contribution in [2.24, 2.45) is 5.92 Å². The Hall–Kier alpha value is -3.67. The third-order valence-electron chi connectivity index (χ3n) is 5.12. The molecule has 0 radical (unpaired) electrons. The maximum atomic E-state index is 12.4. The molecule has 0 unspecified atom stereocenters. The fourth-order valence-electron chi connectivity index (χ4n) is 3.53. The second-order valence-electron chi connectivity index (χ2n) is 6.98. The zero-order valence-electron chi connectivity index (χ0n) is 16.1. The van der Waals surface area contributed by atoms with Crippen LogP contribution in [-0.2, 0) is 0 Å². The van der Waals surface area contributed by atoms with Crippen LogP contribution in [0.5, 0.6) is 5.75 Å². The quantitative estimate of drug-likeness (QED) is 0.681. The highest BCUT2D eigenvalue weighted by Gasteiger charge is 2.22. The summed E-state index contributed by atoms with van der Waals surface area (Å²) >= 11 is 0. The average Bonchev–Trinajstić information content (AvgIpc) is 2.74. The van der Waals surface area contributed by atoms with E-state index in [1.807, 2.05) is 24.3 Å². The minimum atomic E-state index is -0.354. The van der Waals surface area contributed by atoms with Crippen molar-refractivity contribution in [1.29, 1.82) is 5.26 Å². The number of nitrogens with one attached hydrogen (secondary N) is 2. The Labute approximate surface area is 167 Å². The van der Waals surface area contributed by atoms with E-state index < -0.39 is 0 Å². The number of ether oxygens (including phenoxy) is 1. The average molecular weight is 391 g/mol. The lowest BCUT2D eigenvalue weighted by Crippen LogP contribution is -2.35. The molecule has 1 aliphatic heterocycles. The fourth-order valence-corrected chi connectivity index (χ4v) is 3.53. The van der Waals surface area contributed by atoms with Gasteiger partial charge in [-0.1, -0.05) is 6.07 Å². The molecule has 3 heterocycles. The summed E-state index contributed by atoms with van der Waals surface area (Å²) in [6.07, 6.45) is 3.94. The molecule has 148 valence electrons. The number of hydrogen-bond donors (Lipinski definition) is 2. The highest BCUT2D eigenvalue weighted by Crippen LogP contribution is 2.28. The maximum absolute atomic E-state index is 12.4. The molecule has 2 aromatic heterocycles. The Morgan fingerprint density at radius 2 is 2.17 bits per heavy atom. The van der Waals surface area contributed by atoms with Crippen LogP contribution in [-0.4, -0.2) is 40.4 Å². The fraction of sp³-hybridized carbons (Fsp3) is 0.350. The molecule has 0 saturated carbocycles. The van der Waals surface area contributed by atoms with E-state index in [4.69, 9.17) is 10.00 Å². The van der Waals surface area contributed by atoms with Gasteiger partial charge in [-0.05, 0) is 30.9 Å². The Morgan fingerprint density at radius 3 is 2.93 bits per heavy atom. The Bertz CT molecular complexity index is 1110. The second-order valence-corrected chi connectivity index (χ2v) is 6.98. The van der Waals surface area contributed by atoms with E-state index in [0.29, 0.717) is 40.8 Å². The van der Waals surface area contributed by atoms with Gasteiger partial charge in [0.15, 0.2) is 0 Å². The molecule has 0 bridgehead atoms. The van der Waals surface area contributed by atoms with Crippen molar-refractivity contribution in [3.05, 3.63) is 40.8 Å². The first-order valence-electron chi connectivity index (χ1n) is 9.46. The molecule has 29 heavy (non-hydrogen) atoms. The van der Waals surface area contributed by atoms with E-state index in [0.717, 1.165) is 31.6 Å². The van der Waals surface area contributed by atoms with Gasteiger partial charge in [0.25, 0.3) is 5.56 Å². The topological polar surface area (TPSA) is 120 Å². The third-order valence-corrected chi connectivity index (χ3v) is 5.12. The highest BCUT2D eigenvalue weighted by atomic mass is 16.5. The van der Waals surface area contributed by atoms with E-state index in [1.165, 1.54) is 6.20 Å². The zero-order chi connectivity index (χ0) is 20.2. The number of aromatic nitrogens is 4. The van der Waals surface area contributed by atoms with Crippen LogP contribution in [0.3, 0.4) is 0 Å². The van der Waals surface area contributed by atoms with Crippen LogP contribution in [0.4, 0.5) is 17.5 Å². The summed E-state index contributed by atoms with van der Waals surface area (Å²) in [5.74, 6) is 2.08. The molecule has 0 amide bonds. The number of nitriles is 1. The number of H-pyrrole nitrogens is 1. The normalized spacial score (nSPS) is 14.6. The number of nitrogens with zero attached hydrogens (tertiary/aromatic N) is 5.